The molecule has 1 aromatic heterocycles. The maximum Gasteiger partial charge on any atom is 0.153 e. The fourth-order valence-electron chi connectivity index (χ4n) is 3.45. The Morgan fingerprint density at radius 3 is 2.77 bits per heavy atom. The number of unbranched alkanes of at least 4 members (excludes halogenated alkanes) is 2. The van der Waals surface area contributed by atoms with Gasteiger partial charge >= 0.3 is 0 Å². The van der Waals surface area contributed by atoms with Crippen LogP contribution in [-0.4, -0.2) is 34.3 Å². The number of nitrogens with zero attached hydrogens (tertiary/aromatic N) is 2. The highest BCUT2D eigenvalue weighted by molar-refractivity contribution is 5.68. The molecule has 3 rings (SSSR count). The lowest BCUT2D eigenvalue weighted by molar-refractivity contribution is 0.283. The van der Waals surface area contributed by atoms with E-state index in [0.717, 1.165) is 62.4 Å². The van der Waals surface area contributed by atoms with Crippen molar-refractivity contribution in [3.63, 3.8) is 0 Å². The lowest BCUT2D eigenvalue weighted by atomic mass is 10.1. The third-order valence-corrected chi connectivity index (χ3v) is 4.68. The molecular formula is C17H28N4O. The van der Waals surface area contributed by atoms with E-state index in [0.29, 0.717) is 6.04 Å². The van der Waals surface area contributed by atoms with Crippen molar-refractivity contribution < 1.29 is 5.11 Å². The predicted molar refractivity (Wildman–Crippen MR) is 89.4 cm³/mol. The van der Waals surface area contributed by atoms with Crippen LogP contribution in [0.2, 0.25) is 0 Å². The van der Waals surface area contributed by atoms with Crippen LogP contribution in [0.15, 0.2) is 0 Å². The van der Waals surface area contributed by atoms with Crippen molar-refractivity contribution in [1.82, 2.24) is 9.97 Å². The van der Waals surface area contributed by atoms with Crippen LogP contribution < -0.4 is 10.6 Å². The van der Waals surface area contributed by atoms with Gasteiger partial charge in [0.25, 0.3) is 0 Å². The van der Waals surface area contributed by atoms with Gasteiger partial charge in [0, 0.05) is 25.6 Å². The fraction of sp³-hybridized carbons (Fsp3) is 0.765. The number of aromatic nitrogens is 2. The molecule has 0 bridgehead atoms. The summed E-state index contributed by atoms with van der Waals surface area (Å²) in [5.74, 6) is 1.98. The SMILES string of the molecule is OCCCCCc1nc2c(c(NC3CCCC3)n1)NCCC2. The molecule has 5 nitrogen and oxygen atoms in total. The number of nitrogens with one attached hydrogen (secondary N) is 2. The Morgan fingerprint density at radius 1 is 1.09 bits per heavy atom. The molecule has 5 heteroatoms. The Kier molecular flexibility index (Phi) is 5.48. The highest BCUT2D eigenvalue weighted by Crippen LogP contribution is 2.30. The third-order valence-electron chi connectivity index (χ3n) is 4.68. The molecular weight excluding hydrogens is 276 g/mol. The van der Waals surface area contributed by atoms with E-state index in [1.807, 2.05) is 0 Å². The summed E-state index contributed by atoms with van der Waals surface area (Å²) < 4.78 is 0. The molecule has 1 saturated carbocycles. The summed E-state index contributed by atoms with van der Waals surface area (Å²) in [6, 6.07) is 0.574. The second kappa shape index (κ2) is 7.77. The van der Waals surface area contributed by atoms with Gasteiger partial charge in [-0.15, -0.1) is 0 Å². The normalized spacial score (nSPS) is 18.0. The van der Waals surface area contributed by atoms with E-state index in [4.69, 9.17) is 15.1 Å². The molecule has 2 aliphatic rings. The molecule has 1 fully saturated rings. The standard InChI is InChI=1S/C17H28N4O/c22-12-5-1-2-10-15-20-14-9-6-11-18-16(14)17(21-15)19-13-7-3-4-8-13/h13,18,22H,1-12H2,(H,19,20,21). The van der Waals surface area contributed by atoms with Crippen LogP contribution in [0.3, 0.4) is 0 Å². The van der Waals surface area contributed by atoms with Gasteiger partial charge in [-0.25, -0.2) is 9.97 Å². The first-order chi connectivity index (χ1) is 10.9. The van der Waals surface area contributed by atoms with Gasteiger partial charge in [-0.2, -0.15) is 0 Å². The Morgan fingerprint density at radius 2 is 1.95 bits per heavy atom. The zero-order chi connectivity index (χ0) is 15.2. The number of anilines is 2. The molecule has 0 amide bonds. The van der Waals surface area contributed by atoms with Gasteiger partial charge in [0.2, 0.25) is 0 Å². The molecule has 1 aliphatic heterocycles. The minimum Gasteiger partial charge on any atom is -0.396 e. The van der Waals surface area contributed by atoms with Gasteiger partial charge in [-0.1, -0.05) is 19.3 Å². The Balaban J connectivity index is 1.73. The maximum absolute atomic E-state index is 8.88. The van der Waals surface area contributed by atoms with Crippen LogP contribution in [0.4, 0.5) is 11.5 Å². The number of fused-ring (bicyclic) bond motifs is 1. The number of aliphatic hydroxyl groups excluding tert-OH is 1. The summed E-state index contributed by atoms with van der Waals surface area (Å²) in [4.78, 5) is 9.57. The van der Waals surface area contributed by atoms with Crippen LogP contribution in [-0.2, 0) is 12.8 Å². The number of hydrogen-bond donors (Lipinski definition) is 3. The Hall–Kier alpha value is -1.36. The Bertz CT molecular complexity index is 486. The highest BCUT2D eigenvalue weighted by Gasteiger charge is 2.21. The minimum atomic E-state index is 0.281. The molecule has 0 atom stereocenters. The number of aryl methyl sites for hydroxylation is 2. The van der Waals surface area contributed by atoms with E-state index in [-0.39, 0.29) is 6.61 Å². The molecule has 122 valence electrons. The number of hydrogen-bond acceptors (Lipinski definition) is 5. The van der Waals surface area contributed by atoms with Crippen LogP contribution in [0.5, 0.6) is 0 Å². The number of rotatable bonds is 7. The zero-order valence-electron chi connectivity index (χ0n) is 13.4. The van der Waals surface area contributed by atoms with Gasteiger partial charge in [0.05, 0.1) is 11.4 Å². The first-order valence-electron chi connectivity index (χ1n) is 8.88. The van der Waals surface area contributed by atoms with E-state index >= 15 is 0 Å². The average molecular weight is 304 g/mol. The van der Waals surface area contributed by atoms with E-state index in [1.54, 1.807) is 0 Å². The van der Waals surface area contributed by atoms with Crippen molar-refractivity contribution in [1.29, 1.82) is 0 Å². The topological polar surface area (TPSA) is 70.1 Å². The quantitative estimate of drug-likeness (QED) is 0.676. The van der Waals surface area contributed by atoms with Gasteiger partial charge in [0.15, 0.2) is 5.82 Å². The van der Waals surface area contributed by atoms with Crippen molar-refractivity contribution in [3.8, 4) is 0 Å². The van der Waals surface area contributed by atoms with Crippen molar-refractivity contribution in [3.05, 3.63) is 11.5 Å². The van der Waals surface area contributed by atoms with Gasteiger partial charge < -0.3 is 15.7 Å². The summed E-state index contributed by atoms with van der Waals surface area (Å²) in [7, 11) is 0. The van der Waals surface area contributed by atoms with Gasteiger partial charge in [-0.05, 0) is 38.5 Å². The molecule has 2 heterocycles. The fourth-order valence-corrected chi connectivity index (χ4v) is 3.45. The lowest BCUT2D eigenvalue weighted by Crippen LogP contribution is -2.22. The highest BCUT2D eigenvalue weighted by atomic mass is 16.2. The van der Waals surface area contributed by atoms with Gasteiger partial charge in [-0.3, -0.25) is 0 Å². The zero-order valence-corrected chi connectivity index (χ0v) is 13.4. The smallest absolute Gasteiger partial charge is 0.153 e. The number of aliphatic hydroxyl groups is 1. The van der Waals surface area contributed by atoms with Crippen molar-refractivity contribution in [2.75, 3.05) is 23.8 Å². The average Bonchev–Trinajstić information content (AvgIpc) is 3.05. The molecule has 3 N–H and O–H groups in total. The molecule has 0 aromatic carbocycles. The molecule has 1 aromatic rings. The summed E-state index contributed by atoms with van der Waals surface area (Å²) in [5, 5.41) is 16.0. The summed E-state index contributed by atoms with van der Waals surface area (Å²) in [5.41, 5.74) is 2.32. The molecule has 1 aliphatic carbocycles. The molecule has 0 unspecified atom stereocenters. The second-order valence-corrected chi connectivity index (χ2v) is 6.50. The Labute approximate surface area is 132 Å². The summed E-state index contributed by atoms with van der Waals surface area (Å²) >= 11 is 0. The van der Waals surface area contributed by atoms with Crippen molar-refractivity contribution in [2.45, 2.75) is 70.3 Å². The van der Waals surface area contributed by atoms with Crippen LogP contribution >= 0.6 is 0 Å². The first-order valence-corrected chi connectivity index (χ1v) is 8.88. The minimum absolute atomic E-state index is 0.281. The monoisotopic (exact) mass is 304 g/mol. The second-order valence-electron chi connectivity index (χ2n) is 6.50. The first kappa shape index (κ1) is 15.5. The third kappa shape index (κ3) is 3.88. The molecule has 0 saturated heterocycles. The molecule has 0 spiro atoms. The molecule has 0 radical (unpaired) electrons. The maximum atomic E-state index is 8.88. The van der Waals surface area contributed by atoms with Gasteiger partial charge in [0.1, 0.15) is 5.82 Å². The summed E-state index contributed by atoms with van der Waals surface area (Å²) in [6.07, 6.45) is 11.2. The van der Waals surface area contributed by atoms with E-state index in [2.05, 4.69) is 10.6 Å². The van der Waals surface area contributed by atoms with E-state index in [9.17, 15) is 0 Å². The van der Waals surface area contributed by atoms with E-state index in [1.165, 1.54) is 31.4 Å². The van der Waals surface area contributed by atoms with E-state index < -0.39 is 0 Å². The van der Waals surface area contributed by atoms with Crippen LogP contribution in [0, 0.1) is 0 Å². The van der Waals surface area contributed by atoms with Crippen LogP contribution in [0.25, 0.3) is 0 Å². The lowest BCUT2D eigenvalue weighted by Gasteiger charge is -2.23. The largest absolute Gasteiger partial charge is 0.396 e. The van der Waals surface area contributed by atoms with Crippen LogP contribution in [0.1, 0.15) is 62.9 Å². The molecule has 22 heavy (non-hydrogen) atoms. The van der Waals surface area contributed by atoms with Crippen molar-refractivity contribution in [2.24, 2.45) is 0 Å². The van der Waals surface area contributed by atoms with Crippen molar-refractivity contribution >= 4 is 11.5 Å². The summed E-state index contributed by atoms with van der Waals surface area (Å²) in [6.45, 7) is 1.30. The predicted octanol–water partition coefficient (Wildman–Crippen LogP) is 2.89.